The Labute approximate surface area is 101 Å². The van der Waals surface area contributed by atoms with Crippen molar-refractivity contribution in [3.05, 3.63) is 42.7 Å². The molecule has 1 aliphatic heterocycles. The van der Waals surface area contributed by atoms with Crippen LogP contribution in [-0.4, -0.2) is 22.4 Å². The van der Waals surface area contributed by atoms with Crippen LogP contribution in [0.2, 0.25) is 0 Å². The second kappa shape index (κ2) is 4.72. The highest BCUT2D eigenvalue weighted by molar-refractivity contribution is 5.61. The number of aromatic nitrogens is 2. The maximum absolute atomic E-state index is 4.43. The lowest BCUT2D eigenvalue weighted by molar-refractivity contribution is 0.476. The van der Waals surface area contributed by atoms with Gasteiger partial charge in [0.15, 0.2) is 0 Å². The Morgan fingerprint density at radius 3 is 2.88 bits per heavy atom. The summed E-state index contributed by atoms with van der Waals surface area (Å²) in [5.74, 6) is 0. The van der Waals surface area contributed by atoms with Gasteiger partial charge in [-0.15, -0.1) is 0 Å². The maximum atomic E-state index is 4.43. The molecule has 0 bridgehead atoms. The van der Waals surface area contributed by atoms with Crippen LogP contribution < -0.4 is 5.32 Å². The molecule has 1 N–H and O–H groups in total. The van der Waals surface area contributed by atoms with Crippen molar-refractivity contribution in [1.29, 1.82) is 0 Å². The molecule has 1 atom stereocenters. The van der Waals surface area contributed by atoms with Gasteiger partial charge in [-0.1, -0.05) is 30.3 Å². The van der Waals surface area contributed by atoms with E-state index in [1.807, 2.05) is 16.9 Å². The molecule has 0 aliphatic carbocycles. The third-order valence-electron chi connectivity index (χ3n) is 3.31. The molecule has 3 heteroatoms. The Morgan fingerprint density at radius 2 is 2.12 bits per heavy atom. The predicted octanol–water partition coefficient (Wildman–Crippen LogP) is 2.30. The lowest BCUT2D eigenvalue weighted by atomic mass is 10.1. The topological polar surface area (TPSA) is 29.9 Å². The van der Waals surface area contributed by atoms with Crippen molar-refractivity contribution < 1.29 is 0 Å². The van der Waals surface area contributed by atoms with Crippen LogP contribution in [0.1, 0.15) is 12.8 Å². The van der Waals surface area contributed by atoms with Gasteiger partial charge in [-0.05, 0) is 24.9 Å². The molecular weight excluding hydrogens is 210 g/mol. The molecule has 0 amide bonds. The first-order chi connectivity index (χ1) is 8.42. The molecule has 0 saturated carbocycles. The summed E-state index contributed by atoms with van der Waals surface area (Å²) in [4.78, 5) is 0. The van der Waals surface area contributed by atoms with Crippen molar-refractivity contribution in [2.45, 2.75) is 25.4 Å². The summed E-state index contributed by atoms with van der Waals surface area (Å²) in [5, 5.41) is 7.93. The molecule has 17 heavy (non-hydrogen) atoms. The zero-order valence-electron chi connectivity index (χ0n) is 9.84. The van der Waals surface area contributed by atoms with Crippen LogP contribution in [0.4, 0.5) is 0 Å². The molecule has 1 aromatic carbocycles. The monoisotopic (exact) mass is 227 g/mol. The van der Waals surface area contributed by atoms with Gasteiger partial charge in [-0.2, -0.15) is 5.10 Å². The standard InChI is InChI=1S/C14H17N3/c1-2-5-12(6-3-1)13-9-16-17(10-13)11-14-7-4-8-15-14/h1-3,5-6,9-10,14-15H,4,7-8,11H2/t14-/m1/s1. The van der Waals surface area contributed by atoms with E-state index in [1.54, 1.807) is 0 Å². The van der Waals surface area contributed by atoms with E-state index in [0.29, 0.717) is 6.04 Å². The second-order valence-electron chi connectivity index (χ2n) is 4.61. The predicted molar refractivity (Wildman–Crippen MR) is 68.7 cm³/mol. The first kappa shape index (κ1) is 10.5. The smallest absolute Gasteiger partial charge is 0.0568 e. The summed E-state index contributed by atoms with van der Waals surface area (Å²) in [6.45, 7) is 2.13. The first-order valence-corrected chi connectivity index (χ1v) is 6.23. The normalized spacial score (nSPS) is 19.6. The molecule has 0 spiro atoms. The highest BCUT2D eigenvalue weighted by Gasteiger charge is 2.14. The van der Waals surface area contributed by atoms with Gasteiger partial charge in [-0.25, -0.2) is 0 Å². The quantitative estimate of drug-likeness (QED) is 0.872. The molecule has 1 fully saturated rings. The van der Waals surface area contributed by atoms with E-state index in [9.17, 15) is 0 Å². The van der Waals surface area contributed by atoms with Gasteiger partial charge in [0.25, 0.3) is 0 Å². The largest absolute Gasteiger partial charge is 0.312 e. The molecular formula is C14H17N3. The zero-order valence-corrected chi connectivity index (χ0v) is 9.84. The zero-order chi connectivity index (χ0) is 11.5. The Bertz CT molecular complexity index is 469. The summed E-state index contributed by atoms with van der Waals surface area (Å²) in [6, 6.07) is 11.0. The number of nitrogens with one attached hydrogen (secondary N) is 1. The fourth-order valence-electron chi connectivity index (χ4n) is 2.38. The molecule has 0 radical (unpaired) electrons. The summed E-state index contributed by atoms with van der Waals surface area (Å²) in [7, 11) is 0. The van der Waals surface area contributed by atoms with Gasteiger partial charge in [0.2, 0.25) is 0 Å². The van der Waals surface area contributed by atoms with Crippen LogP contribution >= 0.6 is 0 Å². The van der Waals surface area contributed by atoms with Crippen molar-refractivity contribution in [2.75, 3.05) is 6.54 Å². The van der Waals surface area contributed by atoms with Gasteiger partial charge < -0.3 is 5.32 Å². The maximum Gasteiger partial charge on any atom is 0.0568 e. The molecule has 88 valence electrons. The van der Waals surface area contributed by atoms with Crippen LogP contribution in [0.3, 0.4) is 0 Å². The fraction of sp³-hybridized carbons (Fsp3) is 0.357. The summed E-state index contributed by atoms with van der Waals surface area (Å²) >= 11 is 0. The molecule has 1 aromatic heterocycles. The molecule has 0 unspecified atom stereocenters. The summed E-state index contributed by atoms with van der Waals surface area (Å²) < 4.78 is 2.05. The number of hydrogen-bond donors (Lipinski definition) is 1. The lowest BCUT2D eigenvalue weighted by Gasteiger charge is -2.09. The number of nitrogens with zero attached hydrogens (tertiary/aromatic N) is 2. The Morgan fingerprint density at radius 1 is 1.24 bits per heavy atom. The molecule has 2 aromatic rings. The number of rotatable bonds is 3. The van der Waals surface area contributed by atoms with E-state index in [2.05, 4.69) is 40.9 Å². The van der Waals surface area contributed by atoms with Gasteiger partial charge in [0, 0.05) is 17.8 Å². The van der Waals surface area contributed by atoms with Crippen molar-refractivity contribution in [3.63, 3.8) is 0 Å². The summed E-state index contributed by atoms with van der Waals surface area (Å²) in [5.41, 5.74) is 2.43. The van der Waals surface area contributed by atoms with Crippen LogP contribution in [0.15, 0.2) is 42.7 Å². The SMILES string of the molecule is c1ccc(-c2cnn(C[C@H]3CCCN3)c2)cc1. The third-order valence-corrected chi connectivity index (χ3v) is 3.31. The second-order valence-corrected chi connectivity index (χ2v) is 4.61. The average molecular weight is 227 g/mol. The van der Waals surface area contributed by atoms with E-state index in [-0.39, 0.29) is 0 Å². The van der Waals surface area contributed by atoms with Crippen molar-refractivity contribution in [2.24, 2.45) is 0 Å². The minimum Gasteiger partial charge on any atom is -0.312 e. The van der Waals surface area contributed by atoms with Gasteiger partial charge >= 0.3 is 0 Å². The van der Waals surface area contributed by atoms with E-state index in [4.69, 9.17) is 0 Å². The van der Waals surface area contributed by atoms with E-state index < -0.39 is 0 Å². The van der Waals surface area contributed by atoms with Crippen molar-refractivity contribution in [1.82, 2.24) is 15.1 Å². The molecule has 1 saturated heterocycles. The minimum atomic E-state index is 0.596. The minimum absolute atomic E-state index is 0.596. The molecule has 3 nitrogen and oxygen atoms in total. The van der Waals surface area contributed by atoms with Crippen LogP contribution in [0.5, 0.6) is 0 Å². The number of hydrogen-bond acceptors (Lipinski definition) is 2. The van der Waals surface area contributed by atoms with Crippen molar-refractivity contribution >= 4 is 0 Å². The summed E-state index contributed by atoms with van der Waals surface area (Å²) in [6.07, 6.45) is 6.64. The van der Waals surface area contributed by atoms with Gasteiger partial charge in [-0.3, -0.25) is 4.68 Å². The average Bonchev–Trinajstić information content (AvgIpc) is 3.02. The lowest BCUT2D eigenvalue weighted by Crippen LogP contribution is -2.26. The first-order valence-electron chi connectivity index (χ1n) is 6.23. The molecule has 3 rings (SSSR count). The van der Waals surface area contributed by atoms with E-state index in [0.717, 1.165) is 13.1 Å². The van der Waals surface area contributed by atoms with Gasteiger partial charge in [0.1, 0.15) is 0 Å². The Balaban J connectivity index is 1.74. The van der Waals surface area contributed by atoms with Gasteiger partial charge in [0.05, 0.1) is 12.7 Å². The highest BCUT2D eigenvalue weighted by Crippen LogP contribution is 2.18. The number of benzene rings is 1. The molecule has 2 heterocycles. The fourth-order valence-corrected chi connectivity index (χ4v) is 2.38. The Kier molecular flexibility index (Phi) is 2.92. The van der Waals surface area contributed by atoms with Crippen LogP contribution in [0.25, 0.3) is 11.1 Å². The third kappa shape index (κ3) is 2.39. The van der Waals surface area contributed by atoms with Crippen LogP contribution in [-0.2, 0) is 6.54 Å². The van der Waals surface area contributed by atoms with E-state index in [1.165, 1.54) is 24.0 Å². The van der Waals surface area contributed by atoms with Crippen LogP contribution in [0, 0.1) is 0 Å². The highest BCUT2D eigenvalue weighted by atomic mass is 15.3. The van der Waals surface area contributed by atoms with Crippen molar-refractivity contribution in [3.8, 4) is 11.1 Å². The Hall–Kier alpha value is -1.61. The molecule has 1 aliphatic rings. The van der Waals surface area contributed by atoms with E-state index >= 15 is 0 Å².